The second-order valence-electron chi connectivity index (χ2n) is 4.59. The van der Waals surface area contributed by atoms with E-state index in [1.54, 1.807) is 19.1 Å². The summed E-state index contributed by atoms with van der Waals surface area (Å²) in [6.07, 6.45) is 2.55. The molecule has 1 aliphatic heterocycles. The van der Waals surface area contributed by atoms with Crippen LogP contribution in [0, 0.1) is 0 Å². The Hall–Kier alpha value is -1.10. The van der Waals surface area contributed by atoms with Gasteiger partial charge in [0.2, 0.25) is 0 Å². The van der Waals surface area contributed by atoms with Gasteiger partial charge in [-0.2, -0.15) is 0 Å². The quantitative estimate of drug-likeness (QED) is 0.757. The summed E-state index contributed by atoms with van der Waals surface area (Å²) >= 11 is 6.20. The molecular weight excluding hydrogens is 280 g/mol. The largest absolute Gasteiger partial charge is 0.462 e. The Balaban J connectivity index is 1.87. The molecule has 20 heavy (non-hydrogen) atoms. The lowest BCUT2D eigenvalue weighted by molar-refractivity contribution is -0.0475. The van der Waals surface area contributed by atoms with E-state index < -0.39 is 0 Å². The zero-order chi connectivity index (χ0) is 14.4. The van der Waals surface area contributed by atoms with Crippen LogP contribution in [0.3, 0.4) is 0 Å². The van der Waals surface area contributed by atoms with Gasteiger partial charge in [0.25, 0.3) is 0 Å². The number of esters is 1. The minimum atomic E-state index is -0.339. The minimum Gasteiger partial charge on any atom is -0.462 e. The van der Waals surface area contributed by atoms with Gasteiger partial charge in [0, 0.05) is 5.02 Å². The molecule has 1 heterocycles. The third kappa shape index (κ3) is 4.20. The van der Waals surface area contributed by atoms with Crippen LogP contribution in [0.25, 0.3) is 0 Å². The van der Waals surface area contributed by atoms with Crippen LogP contribution in [-0.4, -0.2) is 32.1 Å². The molecule has 1 aliphatic rings. The molecule has 0 atom stereocenters. The monoisotopic (exact) mass is 298 g/mol. The molecule has 0 amide bonds. The molecule has 4 nitrogen and oxygen atoms in total. The Morgan fingerprint density at radius 2 is 2.15 bits per heavy atom. The third-order valence-electron chi connectivity index (χ3n) is 3.14. The lowest BCUT2D eigenvalue weighted by atomic mass is 10.1. The molecule has 0 radical (unpaired) electrons. The average molecular weight is 299 g/mol. The second kappa shape index (κ2) is 7.62. The van der Waals surface area contributed by atoms with E-state index in [1.165, 1.54) is 0 Å². The number of hydrogen-bond acceptors (Lipinski definition) is 4. The number of rotatable bonds is 6. The van der Waals surface area contributed by atoms with E-state index in [1.807, 2.05) is 6.07 Å². The summed E-state index contributed by atoms with van der Waals surface area (Å²) in [5.41, 5.74) is 1.51. The standard InChI is InChI=1S/C15H19ClO4/c1-2-18-15(17)12-7-6-11(13(16)10-12)4-3-5-14-19-8-9-20-14/h6-7,10,14H,2-5,8-9H2,1H3. The Morgan fingerprint density at radius 1 is 1.40 bits per heavy atom. The predicted octanol–water partition coefficient (Wildman–Crippen LogP) is 3.21. The molecule has 0 aliphatic carbocycles. The highest BCUT2D eigenvalue weighted by Crippen LogP contribution is 2.21. The normalized spacial score (nSPS) is 15.5. The Morgan fingerprint density at radius 3 is 2.80 bits per heavy atom. The van der Waals surface area contributed by atoms with Crippen LogP contribution in [-0.2, 0) is 20.6 Å². The van der Waals surface area contributed by atoms with Crippen LogP contribution in [0.4, 0.5) is 0 Å². The molecule has 110 valence electrons. The fraction of sp³-hybridized carbons (Fsp3) is 0.533. The van der Waals surface area contributed by atoms with Gasteiger partial charge in [-0.15, -0.1) is 0 Å². The summed E-state index contributed by atoms with van der Waals surface area (Å²) in [6, 6.07) is 5.30. The van der Waals surface area contributed by atoms with Crippen molar-refractivity contribution >= 4 is 17.6 Å². The van der Waals surface area contributed by atoms with Gasteiger partial charge in [-0.1, -0.05) is 17.7 Å². The fourth-order valence-corrected chi connectivity index (χ4v) is 2.40. The van der Waals surface area contributed by atoms with Gasteiger partial charge in [-0.25, -0.2) is 4.79 Å². The number of ether oxygens (including phenoxy) is 3. The average Bonchev–Trinajstić information content (AvgIpc) is 2.94. The maximum atomic E-state index is 11.6. The molecule has 1 aromatic rings. The van der Waals surface area contributed by atoms with Gasteiger partial charge in [0.05, 0.1) is 25.4 Å². The van der Waals surface area contributed by atoms with E-state index in [4.69, 9.17) is 25.8 Å². The maximum Gasteiger partial charge on any atom is 0.338 e. The van der Waals surface area contributed by atoms with Gasteiger partial charge in [-0.3, -0.25) is 0 Å². The van der Waals surface area contributed by atoms with E-state index in [-0.39, 0.29) is 12.3 Å². The number of carbonyl (C=O) groups is 1. The molecule has 5 heteroatoms. The molecular formula is C15H19ClO4. The minimum absolute atomic E-state index is 0.0763. The van der Waals surface area contributed by atoms with Crippen LogP contribution in [0.1, 0.15) is 35.7 Å². The lowest BCUT2D eigenvalue weighted by Crippen LogP contribution is -2.08. The second-order valence-corrected chi connectivity index (χ2v) is 5.00. The summed E-state index contributed by atoms with van der Waals surface area (Å²) in [5, 5.41) is 0.601. The first-order chi connectivity index (χ1) is 9.70. The van der Waals surface area contributed by atoms with Crippen molar-refractivity contribution in [1.29, 1.82) is 0 Å². The predicted molar refractivity (Wildman–Crippen MR) is 76.0 cm³/mol. The molecule has 1 fully saturated rings. The molecule has 0 saturated carbocycles. The van der Waals surface area contributed by atoms with Crippen molar-refractivity contribution in [2.75, 3.05) is 19.8 Å². The van der Waals surface area contributed by atoms with E-state index >= 15 is 0 Å². The van der Waals surface area contributed by atoms with Crippen molar-refractivity contribution in [1.82, 2.24) is 0 Å². The highest BCUT2D eigenvalue weighted by Gasteiger charge is 2.15. The fourth-order valence-electron chi connectivity index (χ4n) is 2.12. The first kappa shape index (κ1) is 15.3. The summed E-state index contributed by atoms with van der Waals surface area (Å²) in [6.45, 7) is 3.50. The number of carbonyl (C=O) groups excluding carboxylic acids is 1. The first-order valence-corrected chi connectivity index (χ1v) is 7.27. The topological polar surface area (TPSA) is 44.8 Å². The van der Waals surface area contributed by atoms with Crippen LogP contribution < -0.4 is 0 Å². The Bertz CT molecular complexity index is 455. The zero-order valence-electron chi connectivity index (χ0n) is 11.6. The van der Waals surface area contributed by atoms with Gasteiger partial charge < -0.3 is 14.2 Å². The number of halogens is 1. The number of benzene rings is 1. The summed E-state index contributed by atoms with van der Waals surface area (Å²) in [7, 11) is 0. The van der Waals surface area contributed by atoms with E-state index in [0.717, 1.165) is 24.8 Å². The summed E-state index contributed by atoms with van der Waals surface area (Å²) in [5.74, 6) is -0.339. The smallest absolute Gasteiger partial charge is 0.338 e. The van der Waals surface area contributed by atoms with Crippen molar-refractivity contribution in [3.8, 4) is 0 Å². The van der Waals surface area contributed by atoms with E-state index in [9.17, 15) is 4.79 Å². The maximum absolute atomic E-state index is 11.6. The van der Waals surface area contributed by atoms with E-state index in [2.05, 4.69) is 0 Å². The first-order valence-electron chi connectivity index (χ1n) is 6.89. The molecule has 0 N–H and O–H groups in total. The molecule has 0 aromatic heterocycles. The van der Waals surface area contributed by atoms with Gasteiger partial charge in [-0.05, 0) is 43.9 Å². The van der Waals surface area contributed by atoms with Crippen molar-refractivity contribution in [2.45, 2.75) is 32.5 Å². The summed E-state index contributed by atoms with van der Waals surface area (Å²) < 4.78 is 15.7. The highest BCUT2D eigenvalue weighted by atomic mass is 35.5. The summed E-state index contributed by atoms with van der Waals surface area (Å²) in [4.78, 5) is 11.6. The molecule has 1 aromatic carbocycles. The van der Waals surface area contributed by atoms with Crippen molar-refractivity contribution in [3.63, 3.8) is 0 Å². The van der Waals surface area contributed by atoms with Gasteiger partial charge in [0.15, 0.2) is 6.29 Å². The molecule has 0 spiro atoms. The van der Waals surface area contributed by atoms with Crippen LogP contribution in [0.15, 0.2) is 18.2 Å². The van der Waals surface area contributed by atoms with Crippen molar-refractivity contribution < 1.29 is 19.0 Å². The molecule has 0 bridgehead atoms. The molecule has 2 rings (SSSR count). The van der Waals surface area contributed by atoms with Gasteiger partial charge >= 0.3 is 5.97 Å². The van der Waals surface area contributed by atoms with Crippen LogP contribution >= 0.6 is 11.6 Å². The highest BCUT2D eigenvalue weighted by molar-refractivity contribution is 6.31. The van der Waals surface area contributed by atoms with Crippen molar-refractivity contribution in [3.05, 3.63) is 34.3 Å². The lowest BCUT2D eigenvalue weighted by Gasteiger charge is -2.10. The molecule has 1 saturated heterocycles. The van der Waals surface area contributed by atoms with E-state index in [0.29, 0.717) is 30.4 Å². The Labute approximate surface area is 124 Å². The van der Waals surface area contributed by atoms with Crippen LogP contribution in [0.5, 0.6) is 0 Å². The van der Waals surface area contributed by atoms with Gasteiger partial charge in [0.1, 0.15) is 0 Å². The SMILES string of the molecule is CCOC(=O)c1ccc(CCCC2OCCO2)c(Cl)c1. The Kier molecular flexibility index (Phi) is 5.83. The third-order valence-corrected chi connectivity index (χ3v) is 3.49. The van der Waals surface area contributed by atoms with Crippen molar-refractivity contribution in [2.24, 2.45) is 0 Å². The molecule has 0 unspecified atom stereocenters. The van der Waals surface area contributed by atoms with Crippen LogP contribution in [0.2, 0.25) is 5.02 Å². The number of aryl methyl sites for hydroxylation is 1. The zero-order valence-corrected chi connectivity index (χ0v) is 12.3. The number of hydrogen-bond donors (Lipinski definition) is 0.